The van der Waals surface area contributed by atoms with Gasteiger partial charge in [-0.15, -0.1) is 0 Å². The lowest BCUT2D eigenvalue weighted by atomic mass is 10.1. The number of nitrogens with two attached hydrogens (primary N) is 1. The van der Waals surface area contributed by atoms with Gasteiger partial charge < -0.3 is 11.1 Å². The topological polar surface area (TPSA) is 50.9 Å². The summed E-state index contributed by atoms with van der Waals surface area (Å²) in [6.45, 7) is 2.16. The van der Waals surface area contributed by atoms with Gasteiger partial charge >= 0.3 is 0 Å². The van der Waals surface area contributed by atoms with Crippen LogP contribution < -0.4 is 11.1 Å². The van der Waals surface area contributed by atoms with Crippen LogP contribution in [0, 0.1) is 0 Å². The second kappa shape index (κ2) is 5.74. The minimum absolute atomic E-state index is 0.430. The quantitative estimate of drug-likeness (QED) is 0.818. The number of hydrogen-bond donors (Lipinski definition) is 2. The lowest BCUT2D eigenvalue weighted by Crippen LogP contribution is -2.01. The summed E-state index contributed by atoms with van der Waals surface area (Å²) in [6.07, 6.45) is 2.11. The van der Waals surface area contributed by atoms with E-state index >= 15 is 0 Å². The molecule has 0 fully saturated rings. The molecule has 3 N–H and O–H groups in total. The zero-order valence-corrected chi connectivity index (χ0v) is 11.0. The molecule has 0 atom stereocenters. The molecule has 3 nitrogen and oxygen atoms in total. The Balaban J connectivity index is 2.30. The fourth-order valence-corrected chi connectivity index (χ4v) is 1.95. The molecule has 2 aromatic rings. The van der Waals surface area contributed by atoms with Gasteiger partial charge in [-0.25, -0.2) is 4.98 Å². The standard InChI is InChI=1S/C14H16ClN3/c1-2-5-10-6-3-4-7-12(10)17-14-11(16)8-9-13(15)18-14/h3-4,6-9H,2,5,16H2,1H3,(H,17,18). The van der Waals surface area contributed by atoms with E-state index in [1.165, 1.54) is 5.56 Å². The number of aromatic nitrogens is 1. The van der Waals surface area contributed by atoms with Crippen LogP contribution in [0.5, 0.6) is 0 Å². The Morgan fingerprint density at radius 3 is 2.78 bits per heavy atom. The van der Waals surface area contributed by atoms with Crippen LogP contribution in [0.3, 0.4) is 0 Å². The van der Waals surface area contributed by atoms with Gasteiger partial charge in [0.25, 0.3) is 0 Å². The largest absolute Gasteiger partial charge is 0.396 e. The molecule has 0 spiro atoms. The van der Waals surface area contributed by atoms with Crippen LogP contribution >= 0.6 is 11.6 Å². The van der Waals surface area contributed by atoms with E-state index in [0.29, 0.717) is 16.7 Å². The van der Waals surface area contributed by atoms with Crippen molar-refractivity contribution in [1.29, 1.82) is 0 Å². The Labute approximate surface area is 112 Å². The molecule has 0 radical (unpaired) electrons. The number of nitrogens with zero attached hydrogens (tertiary/aromatic N) is 1. The lowest BCUT2D eigenvalue weighted by molar-refractivity contribution is 0.923. The fourth-order valence-electron chi connectivity index (χ4n) is 1.80. The van der Waals surface area contributed by atoms with Crippen molar-refractivity contribution in [3.05, 3.63) is 47.1 Å². The van der Waals surface area contributed by atoms with Crippen molar-refractivity contribution in [3.8, 4) is 0 Å². The van der Waals surface area contributed by atoms with Crippen LogP contribution in [0.15, 0.2) is 36.4 Å². The van der Waals surface area contributed by atoms with Crippen LogP contribution in [0.25, 0.3) is 0 Å². The summed E-state index contributed by atoms with van der Waals surface area (Å²) in [5.74, 6) is 0.603. The molecular weight excluding hydrogens is 246 g/mol. The number of halogens is 1. The van der Waals surface area contributed by atoms with Crippen LogP contribution in [0.2, 0.25) is 5.15 Å². The molecule has 0 amide bonds. The molecule has 1 aromatic heterocycles. The van der Waals surface area contributed by atoms with Crippen molar-refractivity contribution in [1.82, 2.24) is 4.98 Å². The Morgan fingerprint density at radius 1 is 1.22 bits per heavy atom. The highest BCUT2D eigenvalue weighted by Crippen LogP contribution is 2.25. The van der Waals surface area contributed by atoms with Gasteiger partial charge in [-0.05, 0) is 30.2 Å². The minimum Gasteiger partial charge on any atom is -0.396 e. The van der Waals surface area contributed by atoms with Gasteiger partial charge in [0.15, 0.2) is 5.82 Å². The van der Waals surface area contributed by atoms with Gasteiger partial charge in [0.2, 0.25) is 0 Å². The first-order valence-corrected chi connectivity index (χ1v) is 6.35. The van der Waals surface area contributed by atoms with E-state index in [9.17, 15) is 0 Å². The van der Waals surface area contributed by atoms with E-state index in [4.69, 9.17) is 17.3 Å². The predicted octanol–water partition coefficient (Wildman–Crippen LogP) is 4.01. The zero-order chi connectivity index (χ0) is 13.0. The third-order valence-corrected chi connectivity index (χ3v) is 2.89. The predicted molar refractivity (Wildman–Crippen MR) is 77.4 cm³/mol. The number of benzene rings is 1. The second-order valence-electron chi connectivity index (χ2n) is 4.10. The number of nitrogen functional groups attached to an aromatic ring is 1. The third-order valence-electron chi connectivity index (χ3n) is 2.68. The van der Waals surface area contributed by atoms with Crippen LogP contribution in [0.4, 0.5) is 17.2 Å². The number of para-hydroxylation sites is 1. The van der Waals surface area contributed by atoms with Gasteiger partial charge in [-0.1, -0.05) is 43.1 Å². The maximum absolute atomic E-state index is 5.88. The summed E-state index contributed by atoms with van der Waals surface area (Å²) < 4.78 is 0. The van der Waals surface area contributed by atoms with Crippen LogP contribution in [-0.2, 0) is 6.42 Å². The number of hydrogen-bond acceptors (Lipinski definition) is 3. The second-order valence-corrected chi connectivity index (χ2v) is 4.49. The van der Waals surface area contributed by atoms with Gasteiger partial charge in [0.1, 0.15) is 5.15 Å². The van der Waals surface area contributed by atoms with Crippen molar-refractivity contribution >= 4 is 28.8 Å². The smallest absolute Gasteiger partial charge is 0.155 e. The molecule has 4 heteroatoms. The van der Waals surface area contributed by atoms with Gasteiger partial charge in [0, 0.05) is 5.69 Å². The molecule has 2 rings (SSSR count). The summed E-state index contributed by atoms with van der Waals surface area (Å²) in [5.41, 5.74) is 8.75. The summed E-state index contributed by atoms with van der Waals surface area (Å²) in [5, 5.41) is 3.68. The van der Waals surface area contributed by atoms with E-state index in [-0.39, 0.29) is 0 Å². The molecule has 18 heavy (non-hydrogen) atoms. The number of anilines is 3. The van der Waals surface area contributed by atoms with Crippen LogP contribution in [-0.4, -0.2) is 4.98 Å². The fraction of sp³-hybridized carbons (Fsp3) is 0.214. The SMILES string of the molecule is CCCc1ccccc1Nc1nc(Cl)ccc1N. The Kier molecular flexibility index (Phi) is 4.05. The Morgan fingerprint density at radius 2 is 2.00 bits per heavy atom. The molecule has 0 unspecified atom stereocenters. The average Bonchev–Trinajstić information content (AvgIpc) is 2.36. The molecule has 0 bridgehead atoms. The minimum atomic E-state index is 0.430. The Hall–Kier alpha value is -1.74. The van der Waals surface area contributed by atoms with E-state index in [0.717, 1.165) is 18.5 Å². The first-order chi connectivity index (χ1) is 8.70. The summed E-state index contributed by atoms with van der Waals surface area (Å²) in [6, 6.07) is 11.6. The van der Waals surface area contributed by atoms with E-state index in [1.807, 2.05) is 18.2 Å². The number of aryl methyl sites for hydroxylation is 1. The number of pyridine rings is 1. The summed E-state index contributed by atoms with van der Waals surface area (Å²) in [4.78, 5) is 4.20. The first kappa shape index (κ1) is 12.7. The monoisotopic (exact) mass is 261 g/mol. The number of nitrogens with one attached hydrogen (secondary N) is 1. The van der Waals surface area contributed by atoms with Crippen molar-refractivity contribution in [3.63, 3.8) is 0 Å². The van der Waals surface area contributed by atoms with Gasteiger partial charge in [-0.3, -0.25) is 0 Å². The molecule has 0 aliphatic carbocycles. The van der Waals surface area contributed by atoms with Crippen molar-refractivity contribution in [2.75, 3.05) is 11.1 Å². The van der Waals surface area contributed by atoms with E-state index in [1.54, 1.807) is 12.1 Å². The molecule has 0 aliphatic heterocycles. The van der Waals surface area contributed by atoms with Crippen LogP contribution in [0.1, 0.15) is 18.9 Å². The van der Waals surface area contributed by atoms with Crippen molar-refractivity contribution in [2.45, 2.75) is 19.8 Å². The molecule has 0 saturated carbocycles. The highest BCUT2D eigenvalue weighted by atomic mass is 35.5. The molecule has 1 aromatic carbocycles. The summed E-state index contributed by atoms with van der Waals surface area (Å²) in [7, 11) is 0. The Bertz CT molecular complexity index is 540. The third kappa shape index (κ3) is 2.93. The van der Waals surface area contributed by atoms with Crippen molar-refractivity contribution < 1.29 is 0 Å². The van der Waals surface area contributed by atoms with Gasteiger partial charge in [0.05, 0.1) is 5.69 Å². The normalized spacial score (nSPS) is 10.3. The molecule has 0 aliphatic rings. The van der Waals surface area contributed by atoms with E-state index in [2.05, 4.69) is 23.3 Å². The zero-order valence-electron chi connectivity index (χ0n) is 10.3. The average molecular weight is 262 g/mol. The number of rotatable bonds is 4. The lowest BCUT2D eigenvalue weighted by Gasteiger charge is -2.12. The maximum Gasteiger partial charge on any atom is 0.155 e. The molecule has 94 valence electrons. The maximum atomic E-state index is 5.88. The van der Waals surface area contributed by atoms with Crippen molar-refractivity contribution in [2.24, 2.45) is 0 Å². The van der Waals surface area contributed by atoms with E-state index < -0.39 is 0 Å². The van der Waals surface area contributed by atoms with Gasteiger partial charge in [-0.2, -0.15) is 0 Å². The molecular formula is C14H16ClN3. The summed E-state index contributed by atoms with van der Waals surface area (Å²) >= 11 is 5.88. The molecule has 0 saturated heterocycles. The first-order valence-electron chi connectivity index (χ1n) is 5.97. The highest BCUT2D eigenvalue weighted by molar-refractivity contribution is 6.29. The molecule has 1 heterocycles. The highest BCUT2D eigenvalue weighted by Gasteiger charge is 2.05.